The maximum atomic E-state index is 12.5. The number of aryl methyl sites for hydroxylation is 1. The lowest BCUT2D eigenvalue weighted by Gasteiger charge is -2.22. The summed E-state index contributed by atoms with van der Waals surface area (Å²) in [5.74, 6) is 0.607. The first kappa shape index (κ1) is 16.3. The second kappa shape index (κ2) is 6.81. The quantitative estimate of drug-likeness (QED) is 0.878. The molecule has 5 heteroatoms. The number of urea groups is 1. The first-order valence-electron chi connectivity index (χ1n) is 7.81. The van der Waals surface area contributed by atoms with Crippen LogP contribution in [0.2, 0.25) is 0 Å². The fourth-order valence-corrected chi connectivity index (χ4v) is 2.09. The highest BCUT2D eigenvalue weighted by Gasteiger charge is 2.22. The predicted molar refractivity (Wildman–Crippen MR) is 88.2 cm³/mol. The highest BCUT2D eigenvalue weighted by Crippen LogP contribution is 2.27. The SMILES string of the molecule is Cc1ccc(NC(=O)NCC2CC2)cc1C(=O)N(C)C(C)C. The molecule has 0 radical (unpaired) electrons. The summed E-state index contributed by atoms with van der Waals surface area (Å²) in [6.45, 7) is 6.57. The van der Waals surface area contributed by atoms with E-state index < -0.39 is 0 Å². The molecule has 1 saturated carbocycles. The van der Waals surface area contributed by atoms with Crippen LogP contribution in [0.15, 0.2) is 18.2 Å². The Kier molecular flexibility index (Phi) is 5.06. The summed E-state index contributed by atoms with van der Waals surface area (Å²) in [4.78, 5) is 26.0. The Hall–Kier alpha value is -2.04. The number of carbonyl (C=O) groups is 2. The number of carbonyl (C=O) groups excluding carboxylic acids is 2. The van der Waals surface area contributed by atoms with Crippen molar-refractivity contribution in [3.63, 3.8) is 0 Å². The van der Waals surface area contributed by atoms with Gasteiger partial charge in [-0.05, 0) is 57.2 Å². The normalized spacial score (nSPS) is 13.9. The monoisotopic (exact) mass is 303 g/mol. The molecular weight excluding hydrogens is 278 g/mol. The minimum atomic E-state index is -0.216. The molecule has 5 nitrogen and oxygen atoms in total. The molecule has 0 aliphatic heterocycles. The average Bonchev–Trinajstić information content (AvgIpc) is 3.29. The van der Waals surface area contributed by atoms with Gasteiger partial charge in [0.15, 0.2) is 0 Å². The zero-order valence-electron chi connectivity index (χ0n) is 13.8. The van der Waals surface area contributed by atoms with E-state index in [4.69, 9.17) is 0 Å². The summed E-state index contributed by atoms with van der Waals surface area (Å²) in [6.07, 6.45) is 2.40. The Morgan fingerprint density at radius 1 is 1.32 bits per heavy atom. The molecule has 2 rings (SSSR count). The Labute approximate surface area is 132 Å². The fourth-order valence-electron chi connectivity index (χ4n) is 2.09. The Morgan fingerprint density at radius 2 is 2.00 bits per heavy atom. The Morgan fingerprint density at radius 3 is 2.59 bits per heavy atom. The van der Waals surface area contributed by atoms with Crippen molar-refractivity contribution in [2.24, 2.45) is 5.92 Å². The lowest BCUT2D eigenvalue weighted by atomic mass is 10.1. The summed E-state index contributed by atoms with van der Waals surface area (Å²) >= 11 is 0. The predicted octanol–water partition coefficient (Wildman–Crippen LogP) is 3.01. The molecule has 3 amide bonds. The summed E-state index contributed by atoms with van der Waals surface area (Å²) in [5, 5.41) is 5.65. The fraction of sp³-hybridized carbons (Fsp3) is 0.529. The van der Waals surface area contributed by atoms with Crippen molar-refractivity contribution in [3.8, 4) is 0 Å². The van der Waals surface area contributed by atoms with E-state index in [0.29, 0.717) is 17.2 Å². The van der Waals surface area contributed by atoms with Gasteiger partial charge < -0.3 is 15.5 Å². The standard InChI is InChI=1S/C17H25N3O2/c1-11(2)20(4)16(21)15-9-14(8-5-12(15)3)19-17(22)18-10-13-6-7-13/h5,8-9,11,13H,6-7,10H2,1-4H3,(H2,18,19,22). The third-order valence-electron chi connectivity index (χ3n) is 4.07. The van der Waals surface area contributed by atoms with Crippen LogP contribution in [-0.2, 0) is 0 Å². The van der Waals surface area contributed by atoms with Gasteiger partial charge in [0.05, 0.1) is 0 Å². The minimum Gasteiger partial charge on any atom is -0.339 e. The molecule has 0 unspecified atom stereocenters. The number of hydrogen-bond acceptors (Lipinski definition) is 2. The minimum absolute atomic E-state index is 0.0328. The number of nitrogens with zero attached hydrogens (tertiary/aromatic N) is 1. The highest BCUT2D eigenvalue weighted by atomic mass is 16.2. The third-order valence-corrected chi connectivity index (χ3v) is 4.07. The molecule has 1 aromatic carbocycles. The van der Waals surface area contributed by atoms with E-state index in [0.717, 1.165) is 12.1 Å². The molecule has 1 aliphatic rings. The van der Waals surface area contributed by atoms with Crippen molar-refractivity contribution in [1.82, 2.24) is 10.2 Å². The molecule has 0 bridgehead atoms. The van der Waals surface area contributed by atoms with E-state index in [1.165, 1.54) is 12.8 Å². The Balaban J connectivity index is 2.05. The van der Waals surface area contributed by atoms with Gasteiger partial charge in [-0.1, -0.05) is 6.07 Å². The van der Waals surface area contributed by atoms with Gasteiger partial charge in [0.2, 0.25) is 0 Å². The third kappa shape index (κ3) is 4.23. The zero-order valence-corrected chi connectivity index (χ0v) is 13.8. The van der Waals surface area contributed by atoms with Crippen LogP contribution in [0, 0.1) is 12.8 Å². The summed E-state index contributed by atoms with van der Waals surface area (Å²) in [6, 6.07) is 5.33. The number of rotatable bonds is 5. The number of nitrogens with one attached hydrogen (secondary N) is 2. The van der Waals surface area contributed by atoms with Gasteiger partial charge in [0.25, 0.3) is 5.91 Å². The van der Waals surface area contributed by atoms with Crippen molar-refractivity contribution < 1.29 is 9.59 Å². The molecular formula is C17H25N3O2. The molecule has 1 aromatic rings. The molecule has 0 atom stereocenters. The topological polar surface area (TPSA) is 61.4 Å². The largest absolute Gasteiger partial charge is 0.339 e. The van der Waals surface area contributed by atoms with Crippen molar-refractivity contribution in [1.29, 1.82) is 0 Å². The lowest BCUT2D eigenvalue weighted by Crippen LogP contribution is -2.33. The van der Waals surface area contributed by atoms with Gasteiger partial charge in [0.1, 0.15) is 0 Å². The van der Waals surface area contributed by atoms with Gasteiger partial charge in [-0.2, -0.15) is 0 Å². The maximum Gasteiger partial charge on any atom is 0.319 e. The smallest absolute Gasteiger partial charge is 0.319 e. The molecule has 0 saturated heterocycles. The van der Waals surface area contributed by atoms with Crippen LogP contribution in [-0.4, -0.2) is 36.5 Å². The van der Waals surface area contributed by atoms with Crippen molar-refractivity contribution in [2.75, 3.05) is 18.9 Å². The number of anilines is 1. The lowest BCUT2D eigenvalue weighted by molar-refractivity contribution is 0.0754. The molecule has 22 heavy (non-hydrogen) atoms. The van der Waals surface area contributed by atoms with Gasteiger partial charge >= 0.3 is 6.03 Å². The van der Waals surface area contributed by atoms with E-state index >= 15 is 0 Å². The van der Waals surface area contributed by atoms with Crippen LogP contribution < -0.4 is 10.6 Å². The van der Waals surface area contributed by atoms with E-state index in [2.05, 4.69) is 10.6 Å². The first-order chi connectivity index (χ1) is 10.4. The molecule has 2 N–H and O–H groups in total. The number of amides is 3. The average molecular weight is 303 g/mol. The summed E-state index contributed by atoms with van der Waals surface area (Å²) in [5.41, 5.74) is 2.16. The van der Waals surface area contributed by atoms with Gasteiger partial charge in [-0.15, -0.1) is 0 Å². The summed E-state index contributed by atoms with van der Waals surface area (Å²) < 4.78 is 0. The zero-order chi connectivity index (χ0) is 16.3. The van der Waals surface area contributed by atoms with Crippen LogP contribution in [0.3, 0.4) is 0 Å². The first-order valence-corrected chi connectivity index (χ1v) is 7.81. The van der Waals surface area contributed by atoms with Crippen LogP contribution in [0.4, 0.5) is 10.5 Å². The van der Waals surface area contributed by atoms with Crippen molar-refractivity contribution in [3.05, 3.63) is 29.3 Å². The highest BCUT2D eigenvalue weighted by molar-refractivity contribution is 5.98. The number of hydrogen-bond donors (Lipinski definition) is 2. The maximum absolute atomic E-state index is 12.5. The van der Waals surface area contributed by atoms with Crippen molar-refractivity contribution >= 4 is 17.6 Å². The molecule has 1 aliphatic carbocycles. The number of benzene rings is 1. The van der Waals surface area contributed by atoms with E-state index in [-0.39, 0.29) is 18.0 Å². The van der Waals surface area contributed by atoms with Crippen LogP contribution in [0.25, 0.3) is 0 Å². The van der Waals surface area contributed by atoms with E-state index in [1.54, 1.807) is 18.0 Å². The molecule has 0 aromatic heterocycles. The molecule has 120 valence electrons. The van der Waals surface area contributed by atoms with Crippen LogP contribution >= 0.6 is 0 Å². The second-order valence-corrected chi connectivity index (χ2v) is 6.32. The van der Waals surface area contributed by atoms with Gasteiger partial charge in [-0.3, -0.25) is 4.79 Å². The van der Waals surface area contributed by atoms with Crippen molar-refractivity contribution in [2.45, 2.75) is 39.7 Å². The molecule has 1 fully saturated rings. The van der Waals surface area contributed by atoms with E-state index in [9.17, 15) is 9.59 Å². The van der Waals surface area contributed by atoms with Crippen LogP contribution in [0.1, 0.15) is 42.6 Å². The second-order valence-electron chi connectivity index (χ2n) is 6.32. The molecule has 0 spiro atoms. The van der Waals surface area contributed by atoms with Gasteiger partial charge in [-0.25, -0.2) is 4.79 Å². The van der Waals surface area contributed by atoms with E-state index in [1.807, 2.05) is 32.9 Å². The van der Waals surface area contributed by atoms with Gasteiger partial charge in [0, 0.05) is 30.9 Å². The van der Waals surface area contributed by atoms with Crippen LogP contribution in [0.5, 0.6) is 0 Å². The Bertz CT molecular complexity index is 565. The summed E-state index contributed by atoms with van der Waals surface area (Å²) in [7, 11) is 1.79. The molecule has 0 heterocycles.